The molecule has 6 heteroatoms. The predicted molar refractivity (Wildman–Crippen MR) is 90.3 cm³/mol. The first-order valence-electron chi connectivity index (χ1n) is 5.98. The third kappa shape index (κ3) is 2.71. The van der Waals surface area contributed by atoms with E-state index < -0.39 is 5.47 Å². The number of halogens is 1. The molecule has 2 aromatic carbocycles. The van der Waals surface area contributed by atoms with E-state index in [9.17, 15) is 0 Å². The molecule has 0 radical (unpaired) electrons. The van der Waals surface area contributed by atoms with Gasteiger partial charge in [0, 0.05) is 21.6 Å². The molecule has 0 aliphatic carbocycles. The summed E-state index contributed by atoms with van der Waals surface area (Å²) >= 11 is 13.5. The topological polar surface area (TPSA) is 18.5 Å². The van der Waals surface area contributed by atoms with Crippen molar-refractivity contribution >= 4 is 45.6 Å². The minimum absolute atomic E-state index is 0.729. The molecule has 2 nitrogen and oxygen atoms in total. The van der Waals surface area contributed by atoms with Crippen molar-refractivity contribution in [3.63, 3.8) is 0 Å². The maximum atomic E-state index is 6.12. The van der Waals surface area contributed by atoms with Crippen LogP contribution in [0, 0.1) is 0 Å². The number of hydrogen-bond donors (Lipinski definition) is 0. The monoisotopic (exact) mass is 342 g/mol. The van der Waals surface area contributed by atoms with Gasteiger partial charge in [0.05, 0.1) is 7.11 Å². The van der Waals surface area contributed by atoms with Gasteiger partial charge in [-0.2, -0.15) is 0 Å². The van der Waals surface area contributed by atoms with Crippen LogP contribution in [0.1, 0.15) is 5.56 Å². The molecule has 1 unspecified atom stereocenters. The lowest BCUT2D eigenvalue weighted by Gasteiger charge is -2.29. The Hall–Kier alpha value is -0.670. The second-order valence-corrected chi connectivity index (χ2v) is 11.5. The van der Waals surface area contributed by atoms with E-state index in [0.717, 1.165) is 33.1 Å². The van der Waals surface area contributed by atoms with Crippen molar-refractivity contribution in [2.75, 3.05) is 7.11 Å². The molecule has 0 saturated carbocycles. The molecule has 0 aromatic heterocycles. The molecule has 2 aromatic rings. The zero-order valence-corrected chi connectivity index (χ0v) is 14.0. The molecule has 1 aliphatic rings. The first-order chi connectivity index (χ1) is 9.60. The second-order valence-electron chi connectivity index (χ2n) is 4.31. The van der Waals surface area contributed by atoms with E-state index in [-0.39, 0.29) is 0 Å². The maximum Gasteiger partial charge on any atom is 0.196 e. The molecule has 3 rings (SSSR count). The highest BCUT2D eigenvalue weighted by Crippen LogP contribution is 2.63. The van der Waals surface area contributed by atoms with Gasteiger partial charge in [-0.05, 0) is 54.3 Å². The van der Waals surface area contributed by atoms with Gasteiger partial charge >= 0.3 is 0 Å². The number of fused-ring (bicyclic) bond motifs is 1. The van der Waals surface area contributed by atoms with Gasteiger partial charge in [0.25, 0.3) is 0 Å². The van der Waals surface area contributed by atoms with Crippen LogP contribution in [-0.4, -0.2) is 7.11 Å². The van der Waals surface area contributed by atoms with E-state index in [4.69, 9.17) is 32.7 Å². The quantitative estimate of drug-likeness (QED) is 0.742. The largest absolute Gasteiger partial charge is 0.497 e. The van der Waals surface area contributed by atoms with E-state index in [2.05, 4.69) is 0 Å². The third-order valence-electron chi connectivity index (χ3n) is 3.02. The number of methoxy groups -OCH3 is 1. The Morgan fingerprint density at radius 2 is 2.00 bits per heavy atom. The van der Waals surface area contributed by atoms with Crippen LogP contribution >= 0.6 is 28.4 Å². The Morgan fingerprint density at radius 1 is 1.25 bits per heavy atom. The lowest BCUT2D eigenvalue weighted by atomic mass is 10.2. The molecular weight excluding hydrogens is 331 g/mol. The van der Waals surface area contributed by atoms with Crippen molar-refractivity contribution in [3.8, 4) is 11.5 Å². The standard InChI is InChI=1S/C14H12ClO2PS2/c1-16-12-3-5-13(6-4-12)18(19)17-14-7-2-11(15)8-10(14)9-20-18/h2-8H,9H2,1H3. The van der Waals surface area contributed by atoms with Crippen molar-refractivity contribution in [1.82, 2.24) is 0 Å². The van der Waals surface area contributed by atoms with Gasteiger partial charge in [0.2, 0.25) is 0 Å². The molecule has 1 heterocycles. The first-order valence-corrected chi connectivity index (χ1v) is 10.7. The van der Waals surface area contributed by atoms with Gasteiger partial charge in [-0.3, -0.25) is 0 Å². The molecule has 0 N–H and O–H groups in total. The summed E-state index contributed by atoms with van der Waals surface area (Å²) in [6.45, 7) is 0. The van der Waals surface area contributed by atoms with Crippen molar-refractivity contribution in [3.05, 3.63) is 53.1 Å². The summed E-state index contributed by atoms with van der Waals surface area (Å²) < 4.78 is 11.3. The highest BCUT2D eigenvalue weighted by atomic mass is 35.5. The molecule has 0 fully saturated rings. The Balaban J connectivity index is 1.94. The summed E-state index contributed by atoms with van der Waals surface area (Å²) in [6, 6.07) is 13.5. The summed E-state index contributed by atoms with van der Waals surface area (Å²) in [5, 5.41) is 1.78. The van der Waals surface area contributed by atoms with Gasteiger partial charge in [0.1, 0.15) is 11.5 Å². The van der Waals surface area contributed by atoms with Crippen LogP contribution in [0.5, 0.6) is 11.5 Å². The smallest absolute Gasteiger partial charge is 0.196 e. The van der Waals surface area contributed by atoms with E-state index in [1.165, 1.54) is 0 Å². The van der Waals surface area contributed by atoms with Crippen LogP contribution in [0.2, 0.25) is 5.02 Å². The average molecular weight is 343 g/mol. The lowest BCUT2D eigenvalue weighted by Crippen LogP contribution is -2.11. The molecular formula is C14H12ClO2PS2. The fraction of sp³-hybridized carbons (Fsp3) is 0.143. The summed E-state index contributed by atoms with van der Waals surface area (Å²) in [7, 11) is 1.65. The molecule has 0 saturated heterocycles. The minimum atomic E-state index is -2.09. The first kappa shape index (κ1) is 14.3. The van der Waals surface area contributed by atoms with Crippen LogP contribution in [0.25, 0.3) is 0 Å². The van der Waals surface area contributed by atoms with E-state index in [0.29, 0.717) is 0 Å². The minimum Gasteiger partial charge on any atom is -0.497 e. The normalized spacial score (nSPS) is 20.9. The Morgan fingerprint density at radius 3 is 2.70 bits per heavy atom. The van der Waals surface area contributed by atoms with E-state index in [1.54, 1.807) is 18.5 Å². The number of ether oxygens (including phenoxy) is 1. The molecule has 20 heavy (non-hydrogen) atoms. The summed E-state index contributed by atoms with van der Waals surface area (Å²) in [6.07, 6.45) is 0. The van der Waals surface area contributed by atoms with Crippen LogP contribution in [0.3, 0.4) is 0 Å². The molecule has 1 aliphatic heterocycles. The number of hydrogen-bond acceptors (Lipinski definition) is 4. The zero-order valence-electron chi connectivity index (χ0n) is 10.7. The molecule has 0 amide bonds. The summed E-state index contributed by atoms with van der Waals surface area (Å²) in [5.74, 6) is 2.51. The maximum absolute atomic E-state index is 6.12. The Bertz CT molecular complexity index is 688. The molecule has 104 valence electrons. The molecule has 0 bridgehead atoms. The molecule has 1 atom stereocenters. The molecule has 0 spiro atoms. The van der Waals surface area contributed by atoms with Crippen LogP contribution in [0.4, 0.5) is 0 Å². The fourth-order valence-electron chi connectivity index (χ4n) is 1.95. The van der Waals surface area contributed by atoms with E-state index >= 15 is 0 Å². The van der Waals surface area contributed by atoms with Gasteiger partial charge in [0.15, 0.2) is 5.47 Å². The zero-order chi connectivity index (χ0) is 14.2. The Labute approximate surface area is 132 Å². The van der Waals surface area contributed by atoms with Crippen LogP contribution < -0.4 is 14.6 Å². The summed E-state index contributed by atoms with van der Waals surface area (Å²) in [5.41, 5.74) is -0.984. The average Bonchev–Trinajstić information content (AvgIpc) is 2.48. The second kappa shape index (κ2) is 5.61. The third-order valence-corrected chi connectivity index (χ3v) is 9.47. The summed E-state index contributed by atoms with van der Waals surface area (Å²) in [4.78, 5) is 0. The lowest BCUT2D eigenvalue weighted by molar-refractivity contribution is 0.415. The van der Waals surface area contributed by atoms with Crippen molar-refractivity contribution in [1.29, 1.82) is 0 Å². The fourth-order valence-corrected chi connectivity index (χ4v) is 7.16. The van der Waals surface area contributed by atoms with Crippen molar-refractivity contribution < 1.29 is 9.26 Å². The SMILES string of the molecule is COc1ccc(P2(=S)Oc3ccc(Cl)cc3CS2)cc1. The van der Waals surface area contributed by atoms with Gasteiger partial charge < -0.3 is 9.26 Å². The Kier molecular flexibility index (Phi) is 4.00. The van der Waals surface area contributed by atoms with Gasteiger partial charge in [-0.15, -0.1) is 0 Å². The van der Waals surface area contributed by atoms with Crippen LogP contribution in [0.15, 0.2) is 42.5 Å². The highest BCUT2D eigenvalue weighted by Gasteiger charge is 2.29. The predicted octanol–water partition coefficient (Wildman–Crippen LogP) is 4.61. The van der Waals surface area contributed by atoms with Crippen molar-refractivity contribution in [2.45, 2.75) is 5.75 Å². The van der Waals surface area contributed by atoms with Gasteiger partial charge in [-0.25, -0.2) is 0 Å². The van der Waals surface area contributed by atoms with E-state index in [1.807, 2.05) is 42.5 Å². The van der Waals surface area contributed by atoms with Gasteiger partial charge in [-0.1, -0.05) is 23.0 Å². The number of rotatable bonds is 2. The van der Waals surface area contributed by atoms with Crippen molar-refractivity contribution in [2.24, 2.45) is 0 Å². The van der Waals surface area contributed by atoms with Crippen LogP contribution in [-0.2, 0) is 17.6 Å². The highest BCUT2D eigenvalue weighted by molar-refractivity contribution is 8.71. The number of benzene rings is 2.